The van der Waals surface area contributed by atoms with Gasteiger partial charge >= 0.3 is 6.03 Å². The Kier molecular flexibility index (Phi) is 7.82. The predicted octanol–water partition coefficient (Wildman–Crippen LogP) is 5.77. The van der Waals surface area contributed by atoms with E-state index in [4.69, 9.17) is 23.2 Å². The molecule has 1 aliphatic rings. The van der Waals surface area contributed by atoms with Gasteiger partial charge in [0.2, 0.25) is 0 Å². The molecule has 0 spiro atoms. The SMILES string of the molecule is CCCNC(=O)c1cc(NC(=O)Nc2c(Cl)cccc2Cl)ccc1N1CCCCC1. The summed E-state index contributed by atoms with van der Waals surface area (Å²) in [7, 11) is 0. The molecule has 6 nitrogen and oxygen atoms in total. The molecular weight excluding hydrogens is 423 g/mol. The number of hydrogen-bond acceptors (Lipinski definition) is 3. The molecule has 1 saturated heterocycles. The van der Waals surface area contributed by atoms with Gasteiger partial charge in [0.15, 0.2) is 0 Å². The summed E-state index contributed by atoms with van der Waals surface area (Å²) in [6, 6.07) is 9.91. The van der Waals surface area contributed by atoms with E-state index in [1.165, 1.54) is 6.42 Å². The fraction of sp³-hybridized carbons (Fsp3) is 0.364. The first-order valence-corrected chi connectivity index (χ1v) is 10.9. The standard InChI is InChI=1S/C22H26Cl2N4O2/c1-2-11-25-21(29)16-14-15(9-10-19(16)28-12-4-3-5-13-28)26-22(30)27-20-17(23)7-6-8-18(20)24/h6-10,14H,2-5,11-13H2,1H3,(H,25,29)(H2,26,27,30). The number of anilines is 3. The minimum absolute atomic E-state index is 0.143. The summed E-state index contributed by atoms with van der Waals surface area (Å²) >= 11 is 12.2. The van der Waals surface area contributed by atoms with E-state index in [9.17, 15) is 9.59 Å². The zero-order valence-electron chi connectivity index (χ0n) is 16.9. The Bertz CT molecular complexity index is 894. The van der Waals surface area contributed by atoms with Crippen LogP contribution in [0.1, 0.15) is 43.0 Å². The highest BCUT2D eigenvalue weighted by Gasteiger charge is 2.20. The molecule has 0 radical (unpaired) electrons. The van der Waals surface area contributed by atoms with Crippen molar-refractivity contribution in [1.29, 1.82) is 0 Å². The monoisotopic (exact) mass is 448 g/mol. The third kappa shape index (κ3) is 5.58. The first-order chi connectivity index (χ1) is 14.5. The minimum Gasteiger partial charge on any atom is -0.371 e. The quantitative estimate of drug-likeness (QED) is 0.525. The molecule has 8 heteroatoms. The van der Waals surface area contributed by atoms with Crippen LogP contribution < -0.4 is 20.9 Å². The van der Waals surface area contributed by atoms with E-state index < -0.39 is 6.03 Å². The van der Waals surface area contributed by atoms with Crippen LogP contribution in [0.3, 0.4) is 0 Å². The van der Waals surface area contributed by atoms with E-state index >= 15 is 0 Å². The number of nitrogens with one attached hydrogen (secondary N) is 3. The van der Waals surface area contributed by atoms with Gasteiger partial charge in [-0.15, -0.1) is 0 Å². The number of carbonyl (C=O) groups is 2. The van der Waals surface area contributed by atoms with Gasteiger partial charge in [-0.05, 0) is 56.0 Å². The zero-order chi connectivity index (χ0) is 21.5. The van der Waals surface area contributed by atoms with Crippen molar-refractivity contribution in [2.24, 2.45) is 0 Å². The Balaban J connectivity index is 1.80. The van der Waals surface area contributed by atoms with E-state index in [1.54, 1.807) is 30.3 Å². The number of amides is 3. The lowest BCUT2D eigenvalue weighted by Crippen LogP contribution is -2.33. The van der Waals surface area contributed by atoms with E-state index in [-0.39, 0.29) is 5.91 Å². The lowest BCUT2D eigenvalue weighted by atomic mass is 10.1. The van der Waals surface area contributed by atoms with Crippen LogP contribution in [0.4, 0.5) is 21.9 Å². The number of piperidine rings is 1. The molecule has 1 heterocycles. The van der Waals surface area contributed by atoms with E-state index in [0.29, 0.717) is 33.5 Å². The van der Waals surface area contributed by atoms with E-state index in [0.717, 1.165) is 38.0 Å². The van der Waals surface area contributed by atoms with E-state index in [2.05, 4.69) is 20.9 Å². The minimum atomic E-state index is -0.490. The fourth-order valence-corrected chi connectivity index (χ4v) is 3.93. The highest BCUT2D eigenvalue weighted by molar-refractivity contribution is 6.39. The largest absolute Gasteiger partial charge is 0.371 e. The molecule has 0 atom stereocenters. The summed E-state index contributed by atoms with van der Waals surface area (Å²) in [6.07, 6.45) is 4.27. The van der Waals surface area contributed by atoms with Crippen molar-refractivity contribution in [3.8, 4) is 0 Å². The van der Waals surface area contributed by atoms with Gasteiger partial charge in [-0.2, -0.15) is 0 Å². The van der Waals surface area contributed by atoms with Crippen molar-refractivity contribution in [1.82, 2.24) is 5.32 Å². The molecule has 3 rings (SSSR count). The molecule has 0 unspecified atom stereocenters. The molecule has 2 aromatic carbocycles. The Morgan fingerprint density at radius 1 is 1.00 bits per heavy atom. The van der Waals surface area contributed by atoms with Gasteiger partial charge in [0.05, 0.1) is 21.3 Å². The number of benzene rings is 2. The van der Waals surface area contributed by atoms with Gasteiger partial charge in [0.25, 0.3) is 5.91 Å². The van der Waals surface area contributed by atoms with Crippen LogP contribution >= 0.6 is 23.2 Å². The Morgan fingerprint density at radius 3 is 2.37 bits per heavy atom. The molecule has 0 bridgehead atoms. The summed E-state index contributed by atoms with van der Waals surface area (Å²) in [5.74, 6) is -0.143. The van der Waals surface area contributed by atoms with Gasteiger partial charge in [-0.1, -0.05) is 36.2 Å². The number of halogens is 2. The maximum Gasteiger partial charge on any atom is 0.323 e. The maximum atomic E-state index is 12.8. The first kappa shape index (κ1) is 22.2. The lowest BCUT2D eigenvalue weighted by molar-refractivity contribution is 0.0954. The maximum absolute atomic E-state index is 12.8. The van der Waals surface area contributed by atoms with Crippen LogP contribution in [0.25, 0.3) is 0 Å². The molecule has 3 amide bonds. The van der Waals surface area contributed by atoms with Crippen molar-refractivity contribution in [2.45, 2.75) is 32.6 Å². The second-order valence-corrected chi connectivity index (χ2v) is 8.03. The van der Waals surface area contributed by atoms with Crippen LogP contribution in [0.5, 0.6) is 0 Å². The predicted molar refractivity (Wildman–Crippen MR) is 124 cm³/mol. The van der Waals surface area contributed by atoms with Gasteiger partial charge in [0.1, 0.15) is 0 Å². The molecule has 0 aromatic heterocycles. The summed E-state index contributed by atoms with van der Waals surface area (Å²) in [6.45, 7) is 4.45. The fourth-order valence-electron chi connectivity index (χ4n) is 3.43. The molecule has 0 saturated carbocycles. The molecule has 2 aromatic rings. The number of para-hydroxylation sites is 1. The first-order valence-electron chi connectivity index (χ1n) is 10.2. The Labute approximate surface area is 186 Å². The van der Waals surface area contributed by atoms with Crippen molar-refractivity contribution >= 4 is 52.2 Å². The topological polar surface area (TPSA) is 73.5 Å². The average Bonchev–Trinajstić information content (AvgIpc) is 2.75. The van der Waals surface area contributed by atoms with Crippen LogP contribution in [-0.2, 0) is 0 Å². The lowest BCUT2D eigenvalue weighted by Gasteiger charge is -2.30. The zero-order valence-corrected chi connectivity index (χ0v) is 18.4. The second kappa shape index (κ2) is 10.5. The number of hydrogen-bond donors (Lipinski definition) is 3. The van der Waals surface area contributed by atoms with Gasteiger partial charge in [0, 0.05) is 31.0 Å². The number of urea groups is 1. The van der Waals surface area contributed by atoms with E-state index in [1.807, 2.05) is 13.0 Å². The molecule has 1 fully saturated rings. The highest BCUT2D eigenvalue weighted by atomic mass is 35.5. The van der Waals surface area contributed by atoms with Gasteiger partial charge in [-0.25, -0.2) is 4.79 Å². The number of nitrogens with zero attached hydrogens (tertiary/aromatic N) is 1. The van der Waals surface area contributed by atoms with Crippen molar-refractivity contribution in [3.63, 3.8) is 0 Å². The van der Waals surface area contributed by atoms with Crippen molar-refractivity contribution < 1.29 is 9.59 Å². The normalized spacial score (nSPS) is 13.6. The molecular formula is C22H26Cl2N4O2. The molecule has 160 valence electrons. The van der Waals surface area contributed by atoms with Crippen molar-refractivity contribution in [2.75, 3.05) is 35.2 Å². The third-order valence-electron chi connectivity index (χ3n) is 4.93. The average molecular weight is 449 g/mol. The smallest absolute Gasteiger partial charge is 0.323 e. The number of carbonyl (C=O) groups excluding carboxylic acids is 2. The van der Waals surface area contributed by atoms with Crippen molar-refractivity contribution in [3.05, 3.63) is 52.0 Å². The molecule has 30 heavy (non-hydrogen) atoms. The summed E-state index contributed by atoms with van der Waals surface area (Å²) in [5, 5.41) is 9.05. The molecule has 3 N–H and O–H groups in total. The van der Waals surface area contributed by atoms with Gasteiger partial charge in [-0.3, -0.25) is 4.79 Å². The molecule has 0 aliphatic carbocycles. The third-order valence-corrected chi connectivity index (χ3v) is 5.56. The van der Waals surface area contributed by atoms with Crippen LogP contribution in [0.2, 0.25) is 10.0 Å². The molecule has 1 aliphatic heterocycles. The van der Waals surface area contributed by atoms with Crippen LogP contribution in [-0.4, -0.2) is 31.6 Å². The Hall–Kier alpha value is -2.44. The van der Waals surface area contributed by atoms with Crippen LogP contribution in [0, 0.1) is 0 Å². The summed E-state index contributed by atoms with van der Waals surface area (Å²) < 4.78 is 0. The second-order valence-electron chi connectivity index (χ2n) is 7.21. The van der Waals surface area contributed by atoms with Crippen LogP contribution in [0.15, 0.2) is 36.4 Å². The summed E-state index contributed by atoms with van der Waals surface area (Å²) in [4.78, 5) is 27.5. The summed E-state index contributed by atoms with van der Waals surface area (Å²) in [5.41, 5.74) is 2.30. The highest BCUT2D eigenvalue weighted by Crippen LogP contribution is 2.30. The number of rotatable bonds is 6. The Morgan fingerprint density at radius 2 is 1.70 bits per heavy atom. The van der Waals surface area contributed by atoms with Gasteiger partial charge < -0.3 is 20.9 Å².